The number of carbonyl (C=O) groups excluding carboxylic acids is 1. The SMILES string of the molecule is CCNC(=NCc1cccc(C(=O)NC(C)(C)C)c1)NCc1cc(F)ccc1F.I. The molecule has 30 heavy (non-hydrogen) atoms. The number of carbonyl (C=O) groups is 1. The summed E-state index contributed by atoms with van der Waals surface area (Å²) in [5.41, 5.74) is 1.32. The minimum absolute atomic E-state index is 0. The van der Waals surface area contributed by atoms with E-state index in [1.165, 1.54) is 0 Å². The van der Waals surface area contributed by atoms with Gasteiger partial charge in [0.15, 0.2) is 5.96 Å². The molecule has 164 valence electrons. The number of guanidine groups is 1. The van der Waals surface area contributed by atoms with E-state index in [1.807, 2.05) is 39.8 Å². The predicted molar refractivity (Wildman–Crippen MR) is 127 cm³/mol. The van der Waals surface area contributed by atoms with Crippen LogP contribution in [-0.4, -0.2) is 24.0 Å². The lowest BCUT2D eigenvalue weighted by molar-refractivity contribution is 0.0919. The van der Waals surface area contributed by atoms with E-state index in [2.05, 4.69) is 20.9 Å². The normalized spacial score (nSPS) is 11.5. The highest BCUT2D eigenvalue weighted by molar-refractivity contribution is 14.0. The summed E-state index contributed by atoms with van der Waals surface area (Å²) in [5.74, 6) is -0.640. The van der Waals surface area contributed by atoms with Crippen LogP contribution in [0.4, 0.5) is 8.78 Å². The van der Waals surface area contributed by atoms with Crippen molar-refractivity contribution < 1.29 is 13.6 Å². The van der Waals surface area contributed by atoms with Gasteiger partial charge in [-0.15, -0.1) is 24.0 Å². The third kappa shape index (κ3) is 8.64. The average molecular weight is 530 g/mol. The third-order valence-electron chi connectivity index (χ3n) is 3.90. The molecule has 0 fully saturated rings. The monoisotopic (exact) mass is 530 g/mol. The van der Waals surface area contributed by atoms with Crippen LogP contribution in [0.15, 0.2) is 47.5 Å². The molecule has 0 bridgehead atoms. The quantitative estimate of drug-likeness (QED) is 0.296. The highest BCUT2D eigenvalue weighted by atomic mass is 127. The molecule has 0 radical (unpaired) electrons. The Bertz CT molecular complexity index is 882. The van der Waals surface area contributed by atoms with Crippen molar-refractivity contribution in [1.82, 2.24) is 16.0 Å². The predicted octanol–water partition coefficient (Wildman–Crippen LogP) is 4.37. The first-order valence-electron chi connectivity index (χ1n) is 9.55. The number of benzene rings is 2. The molecule has 0 spiro atoms. The highest BCUT2D eigenvalue weighted by Crippen LogP contribution is 2.10. The fourth-order valence-electron chi connectivity index (χ4n) is 2.59. The van der Waals surface area contributed by atoms with Gasteiger partial charge >= 0.3 is 0 Å². The van der Waals surface area contributed by atoms with Gasteiger partial charge in [0.2, 0.25) is 0 Å². The summed E-state index contributed by atoms with van der Waals surface area (Å²) in [6.45, 7) is 8.74. The molecule has 0 saturated heterocycles. The smallest absolute Gasteiger partial charge is 0.251 e. The summed E-state index contributed by atoms with van der Waals surface area (Å²) in [5, 5.41) is 9.00. The fraction of sp³-hybridized carbons (Fsp3) is 0.364. The molecule has 0 heterocycles. The zero-order chi connectivity index (χ0) is 21.4. The fourth-order valence-corrected chi connectivity index (χ4v) is 2.59. The van der Waals surface area contributed by atoms with Crippen molar-refractivity contribution in [2.24, 2.45) is 4.99 Å². The van der Waals surface area contributed by atoms with Crippen LogP contribution in [0.3, 0.4) is 0 Å². The first-order valence-corrected chi connectivity index (χ1v) is 9.55. The van der Waals surface area contributed by atoms with Crippen LogP contribution in [0.5, 0.6) is 0 Å². The van der Waals surface area contributed by atoms with Crippen LogP contribution < -0.4 is 16.0 Å². The molecule has 0 aromatic heterocycles. The second-order valence-electron chi connectivity index (χ2n) is 7.69. The topological polar surface area (TPSA) is 65.5 Å². The molecule has 0 aliphatic rings. The number of hydrogen-bond donors (Lipinski definition) is 3. The Morgan fingerprint density at radius 2 is 1.80 bits per heavy atom. The first kappa shape index (κ1) is 25.8. The number of aliphatic imine (C=N–C) groups is 1. The number of hydrogen-bond acceptors (Lipinski definition) is 2. The van der Waals surface area contributed by atoms with Crippen molar-refractivity contribution in [2.75, 3.05) is 6.54 Å². The first-order chi connectivity index (χ1) is 13.7. The summed E-state index contributed by atoms with van der Waals surface area (Å²) < 4.78 is 27.1. The minimum Gasteiger partial charge on any atom is -0.357 e. The Kier molecular flexibility index (Phi) is 10.2. The Balaban J connectivity index is 0.00000450. The van der Waals surface area contributed by atoms with Crippen molar-refractivity contribution >= 4 is 35.8 Å². The molecule has 5 nitrogen and oxygen atoms in total. The van der Waals surface area contributed by atoms with Gasteiger partial charge in [0.05, 0.1) is 6.54 Å². The summed E-state index contributed by atoms with van der Waals surface area (Å²) in [6, 6.07) is 10.6. The molecule has 2 aromatic rings. The van der Waals surface area contributed by atoms with E-state index in [-0.39, 0.29) is 47.5 Å². The van der Waals surface area contributed by atoms with Crippen molar-refractivity contribution in [3.63, 3.8) is 0 Å². The molecule has 1 amide bonds. The van der Waals surface area contributed by atoms with Gasteiger partial charge in [-0.3, -0.25) is 4.79 Å². The summed E-state index contributed by atoms with van der Waals surface area (Å²) in [7, 11) is 0. The lowest BCUT2D eigenvalue weighted by atomic mass is 10.1. The second kappa shape index (κ2) is 11.8. The highest BCUT2D eigenvalue weighted by Gasteiger charge is 2.15. The van der Waals surface area contributed by atoms with Gasteiger partial charge in [-0.05, 0) is 63.6 Å². The molecule has 0 aliphatic heterocycles. The van der Waals surface area contributed by atoms with Crippen LogP contribution in [-0.2, 0) is 13.1 Å². The molecule has 0 aliphatic carbocycles. The van der Waals surface area contributed by atoms with E-state index in [0.29, 0.717) is 24.6 Å². The summed E-state index contributed by atoms with van der Waals surface area (Å²) in [4.78, 5) is 16.8. The van der Waals surface area contributed by atoms with E-state index in [1.54, 1.807) is 12.1 Å². The number of amides is 1. The molecule has 0 atom stereocenters. The molecular weight excluding hydrogens is 501 g/mol. The van der Waals surface area contributed by atoms with Crippen LogP contribution in [0.25, 0.3) is 0 Å². The molecule has 0 unspecified atom stereocenters. The van der Waals surface area contributed by atoms with Crippen molar-refractivity contribution in [3.05, 3.63) is 70.8 Å². The van der Waals surface area contributed by atoms with Crippen molar-refractivity contribution in [2.45, 2.75) is 46.3 Å². The van der Waals surface area contributed by atoms with Gasteiger partial charge in [-0.1, -0.05) is 12.1 Å². The van der Waals surface area contributed by atoms with Crippen LogP contribution in [0.2, 0.25) is 0 Å². The molecule has 0 saturated carbocycles. The molecule has 3 N–H and O–H groups in total. The second-order valence-corrected chi connectivity index (χ2v) is 7.69. The van der Waals surface area contributed by atoms with E-state index >= 15 is 0 Å². The standard InChI is InChI=1S/C22H28F2N4O.HI/c1-5-25-21(27-14-17-12-18(23)9-10-19(17)24)26-13-15-7-6-8-16(11-15)20(29)28-22(2,3)4;/h6-12H,5,13-14H2,1-4H3,(H,28,29)(H2,25,26,27);1H. The Labute approximate surface area is 193 Å². The lowest BCUT2D eigenvalue weighted by Gasteiger charge is -2.20. The van der Waals surface area contributed by atoms with Crippen LogP contribution in [0, 0.1) is 11.6 Å². The van der Waals surface area contributed by atoms with Gasteiger partial charge in [0, 0.05) is 29.8 Å². The van der Waals surface area contributed by atoms with Crippen molar-refractivity contribution in [1.29, 1.82) is 0 Å². The Morgan fingerprint density at radius 1 is 1.07 bits per heavy atom. The zero-order valence-corrected chi connectivity index (χ0v) is 20.0. The van der Waals surface area contributed by atoms with E-state index in [0.717, 1.165) is 23.8 Å². The Hall–Kier alpha value is -2.23. The van der Waals surface area contributed by atoms with E-state index < -0.39 is 11.6 Å². The number of nitrogens with one attached hydrogen (secondary N) is 3. The molecule has 8 heteroatoms. The van der Waals surface area contributed by atoms with Gasteiger partial charge < -0.3 is 16.0 Å². The Morgan fingerprint density at radius 3 is 2.47 bits per heavy atom. The van der Waals surface area contributed by atoms with Crippen molar-refractivity contribution in [3.8, 4) is 0 Å². The van der Waals surface area contributed by atoms with E-state index in [4.69, 9.17) is 0 Å². The van der Waals surface area contributed by atoms with Gasteiger partial charge in [-0.25, -0.2) is 13.8 Å². The van der Waals surface area contributed by atoms with Gasteiger partial charge in [-0.2, -0.15) is 0 Å². The number of halogens is 3. The molecule has 2 rings (SSSR count). The maximum absolute atomic E-state index is 13.8. The number of rotatable bonds is 6. The zero-order valence-electron chi connectivity index (χ0n) is 17.7. The third-order valence-corrected chi connectivity index (χ3v) is 3.90. The average Bonchev–Trinajstić information content (AvgIpc) is 2.65. The minimum atomic E-state index is -0.490. The largest absolute Gasteiger partial charge is 0.357 e. The number of nitrogens with zero attached hydrogens (tertiary/aromatic N) is 1. The summed E-state index contributed by atoms with van der Waals surface area (Å²) in [6.07, 6.45) is 0. The maximum atomic E-state index is 13.8. The maximum Gasteiger partial charge on any atom is 0.251 e. The molecule has 2 aromatic carbocycles. The van der Waals surface area contributed by atoms with E-state index in [9.17, 15) is 13.6 Å². The van der Waals surface area contributed by atoms with Gasteiger partial charge in [0.25, 0.3) is 5.91 Å². The van der Waals surface area contributed by atoms with Crippen LogP contribution >= 0.6 is 24.0 Å². The summed E-state index contributed by atoms with van der Waals surface area (Å²) >= 11 is 0. The van der Waals surface area contributed by atoms with Crippen LogP contribution in [0.1, 0.15) is 49.2 Å². The lowest BCUT2D eigenvalue weighted by Crippen LogP contribution is -2.40. The molecular formula is C22H29F2IN4O. The van der Waals surface area contributed by atoms with Gasteiger partial charge in [0.1, 0.15) is 11.6 Å².